The molecule has 1 aromatic rings. The van der Waals surface area contributed by atoms with Crippen LogP contribution in [-0.4, -0.2) is 69.6 Å². The molecule has 0 unspecified atom stereocenters. The van der Waals surface area contributed by atoms with Gasteiger partial charge in [-0.1, -0.05) is 0 Å². The van der Waals surface area contributed by atoms with E-state index in [1.807, 2.05) is 0 Å². The van der Waals surface area contributed by atoms with E-state index >= 15 is 0 Å². The van der Waals surface area contributed by atoms with Crippen LogP contribution in [-0.2, 0) is 9.47 Å². The van der Waals surface area contributed by atoms with Gasteiger partial charge in [-0.05, 0) is 6.07 Å². The summed E-state index contributed by atoms with van der Waals surface area (Å²) in [7, 11) is 1.22. The summed E-state index contributed by atoms with van der Waals surface area (Å²) in [5.41, 5.74) is -0.187. The van der Waals surface area contributed by atoms with Crippen molar-refractivity contribution in [1.82, 2.24) is 0 Å². The Balaban J connectivity index is 2.16. The monoisotopic (exact) mass is 328 g/mol. The van der Waals surface area contributed by atoms with Gasteiger partial charge in [-0.2, -0.15) is 0 Å². The molecule has 3 rings (SSSR count). The van der Waals surface area contributed by atoms with Crippen LogP contribution in [0, 0.1) is 0 Å². The van der Waals surface area contributed by atoms with E-state index in [4.69, 9.17) is 14.2 Å². The van der Waals surface area contributed by atoms with Crippen molar-refractivity contribution in [2.24, 2.45) is 0 Å². The first-order chi connectivity index (χ1) is 10.9. The van der Waals surface area contributed by atoms with Crippen LogP contribution in [0.3, 0.4) is 0 Å². The first-order valence-corrected chi connectivity index (χ1v) is 6.87. The average Bonchev–Trinajstić information content (AvgIpc) is 2.52. The highest BCUT2D eigenvalue weighted by Gasteiger charge is 2.52. The molecule has 0 aliphatic carbocycles. The van der Waals surface area contributed by atoms with Crippen LogP contribution < -0.4 is 4.74 Å². The van der Waals surface area contributed by atoms with Gasteiger partial charge in [-0.25, -0.2) is 4.79 Å². The molecule has 0 amide bonds. The van der Waals surface area contributed by atoms with Gasteiger partial charge in [-0.15, -0.1) is 0 Å². The summed E-state index contributed by atoms with van der Waals surface area (Å²) in [4.78, 5) is 12.1. The summed E-state index contributed by atoms with van der Waals surface area (Å²) >= 11 is 0. The molecule has 0 radical (unpaired) electrons. The summed E-state index contributed by atoms with van der Waals surface area (Å²) in [6, 6.07) is 1.06. The number of esters is 1. The molecule has 0 bridgehead atoms. The van der Waals surface area contributed by atoms with Crippen LogP contribution in [0.1, 0.15) is 22.0 Å². The highest BCUT2D eigenvalue weighted by atomic mass is 16.6. The van der Waals surface area contributed by atoms with E-state index in [1.54, 1.807) is 0 Å². The summed E-state index contributed by atoms with van der Waals surface area (Å²) in [5, 5.41) is 49.3. The lowest BCUT2D eigenvalue weighted by Gasteiger charge is -2.44. The molecule has 1 saturated heterocycles. The van der Waals surface area contributed by atoms with Crippen molar-refractivity contribution in [3.63, 3.8) is 0 Å². The number of aliphatic hydroxyl groups is 3. The minimum Gasteiger partial charge on any atom is -0.504 e. The van der Waals surface area contributed by atoms with Gasteiger partial charge in [0, 0.05) is 5.56 Å². The number of carbonyl (C=O) groups is 1. The molecule has 0 saturated carbocycles. The molecule has 2 heterocycles. The lowest BCUT2D eigenvalue weighted by molar-refractivity contribution is -0.235. The molecule has 23 heavy (non-hydrogen) atoms. The maximum absolute atomic E-state index is 12.1. The molecule has 2 aliphatic rings. The fourth-order valence-corrected chi connectivity index (χ4v) is 2.95. The summed E-state index contributed by atoms with van der Waals surface area (Å²) in [5.74, 6) is -2.16. The number of fused-ring (bicyclic) bond motifs is 3. The van der Waals surface area contributed by atoms with Crippen LogP contribution in [0.15, 0.2) is 6.07 Å². The Kier molecular flexibility index (Phi) is 3.80. The number of aromatic hydroxyl groups is 2. The van der Waals surface area contributed by atoms with E-state index in [0.29, 0.717) is 0 Å². The Morgan fingerprint density at radius 3 is 2.57 bits per heavy atom. The van der Waals surface area contributed by atoms with Gasteiger partial charge in [-0.3, -0.25) is 0 Å². The number of phenols is 2. The van der Waals surface area contributed by atoms with Crippen molar-refractivity contribution in [3.05, 3.63) is 17.2 Å². The van der Waals surface area contributed by atoms with Gasteiger partial charge < -0.3 is 39.7 Å². The Bertz CT molecular complexity index is 644. The number of carbonyl (C=O) groups excluding carboxylic acids is 1. The van der Waals surface area contributed by atoms with Gasteiger partial charge in [0.2, 0.25) is 5.75 Å². The van der Waals surface area contributed by atoms with E-state index in [0.717, 1.165) is 6.07 Å². The molecule has 126 valence electrons. The molecule has 9 nitrogen and oxygen atoms in total. The average molecular weight is 328 g/mol. The molecule has 9 heteroatoms. The van der Waals surface area contributed by atoms with Crippen molar-refractivity contribution < 1.29 is 44.5 Å². The molecule has 0 spiro atoms. The van der Waals surface area contributed by atoms with E-state index in [1.165, 1.54) is 7.11 Å². The third-order valence-electron chi connectivity index (χ3n) is 4.09. The number of aliphatic hydroxyl groups excluding tert-OH is 3. The number of rotatable bonds is 2. The van der Waals surface area contributed by atoms with E-state index in [9.17, 15) is 30.3 Å². The number of phenolic OH excluding ortho intramolecular Hbond substituents is 2. The molecule has 0 aromatic heterocycles. The summed E-state index contributed by atoms with van der Waals surface area (Å²) in [6.07, 6.45) is -6.50. The third-order valence-corrected chi connectivity index (χ3v) is 4.09. The van der Waals surface area contributed by atoms with Gasteiger partial charge in [0.15, 0.2) is 17.6 Å². The van der Waals surface area contributed by atoms with Crippen LogP contribution in [0.2, 0.25) is 0 Å². The molecule has 2 aliphatic heterocycles. The molecule has 1 aromatic carbocycles. The zero-order chi connectivity index (χ0) is 16.9. The third kappa shape index (κ3) is 2.20. The lowest BCUT2D eigenvalue weighted by Crippen LogP contribution is -2.58. The van der Waals surface area contributed by atoms with Crippen molar-refractivity contribution in [1.29, 1.82) is 0 Å². The standard InChI is InChI=1S/C14H16O9/c1-21-11-5(16)2-4-7(9(11)18)12-13(23-14(4)20)10(19)8(17)6(3-15)22-12/h2,6,8,10,12-13,15-19H,3H2,1H3/t6-,8+,10+,12-,13-/m1/s1. The van der Waals surface area contributed by atoms with Crippen molar-refractivity contribution in [2.45, 2.75) is 30.5 Å². The topological polar surface area (TPSA) is 146 Å². The predicted molar refractivity (Wildman–Crippen MR) is 72.2 cm³/mol. The quantitative estimate of drug-likeness (QED) is 0.422. The van der Waals surface area contributed by atoms with Crippen LogP contribution in [0.4, 0.5) is 0 Å². The van der Waals surface area contributed by atoms with E-state index < -0.39 is 54.6 Å². The summed E-state index contributed by atoms with van der Waals surface area (Å²) < 4.78 is 15.4. The highest BCUT2D eigenvalue weighted by molar-refractivity contribution is 5.95. The number of benzene rings is 1. The van der Waals surface area contributed by atoms with Gasteiger partial charge >= 0.3 is 5.97 Å². The second-order valence-electron chi connectivity index (χ2n) is 5.37. The minimum atomic E-state index is -1.51. The first-order valence-electron chi connectivity index (χ1n) is 6.87. The number of ether oxygens (including phenoxy) is 3. The van der Waals surface area contributed by atoms with Crippen molar-refractivity contribution in [3.8, 4) is 17.2 Å². The van der Waals surface area contributed by atoms with Crippen LogP contribution in [0.25, 0.3) is 0 Å². The highest BCUT2D eigenvalue weighted by Crippen LogP contribution is 2.49. The Morgan fingerprint density at radius 1 is 1.26 bits per heavy atom. The van der Waals surface area contributed by atoms with Crippen molar-refractivity contribution in [2.75, 3.05) is 13.7 Å². The normalized spacial score (nSPS) is 32.7. The van der Waals surface area contributed by atoms with Crippen LogP contribution >= 0.6 is 0 Å². The van der Waals surface area contributed by atoms with Gasteiger partial charge in [0.25, 0.3) is 0 Å². The second kappa shape index (κ2) is 5.53. The van der Waals surface area contributed by atoms with E-state index in [2.05, 4.69) is 0 Å². The first kappa shape index (κ1) is 15.8. The predicted octanol–water partition coefficient (Wildman–Crippen LogP) is -1.20. The SMILES string of the molecule is COc1c(O)cc2c(c1O)[C@H]1O[C@H](CO)[C@H](O)[C@H](O)[C@H]1OC2=O. The largest absolute Gasteiger partial charge is 0.504 e. The zero-order valence-electron chi connectivity index (χ0n) is 12.0. The fourth-order valence-electron chi connectivity index (χ4n) is 2.95. The zero-order valence-corrected chi connectivity index (χ0v) is 12.0. The molecule has 5 atom stereocenters. The number of methoxy groups -OCH3 is 1. The smallest absolute Gasteiger partial charge is 0.339 e. The fraction of sp³-hybridized carbons (Fsp3) is 0.500. The maximum atomic E-state index is 12.1. The minimum absolute atomic E-state index is 0.0368. The maximum Gasteiger partial charge on any atom is 0.339 e. The molecule has 5 N–H and O–H groups in total. The number of hydrogen-bond donors (Lipinski definition) is 5. The van der Waals surface area contributed by atoms with E-state index in [-0.39, 0.29) is 16.9 Å². The Labute approximate surface area is 130 Å². The molecular formula is C14H16O9. The molecular weight excluding hydrogens is 312 g/mol. The van der Waals surface area contributed by atoms with Crippen molar-refractivity contribution >= 4 is 5.97 Å². The van der Waals surface area contributed by atoms with Gasteiger partial charge in [0.1, 0.15) is 24.4 Å². The second-order valence-corrected chi connectivity index (χ2v) is 5.37. The molecule has 1 fully saturated rings. The Hall–Kier alpha value is -2.07. The van der Waals surface area contributed by atoms with Gasteiger partial charge in [0.05, 0.1) is 19.3 Å². The Morgan fingerprint density at radius 2 is 1.96 bits per heavy atom. The number of hydrogen-bond acceptors (Lipinski definition) is 9. The summed E-state index contributed by atoms with van der Waals surface area (Å²) in [6.45, 7) is -0.583. The van der Waals surface area contributed by atoms with Crippen LogP contribution in [0.5, 0.6) is 17.2 Å². The lowest BCUT2D eigenvalue weighted by atomic mass is 9.86.